The molecule has 0 atom stereocenters. The van der Waals surface area contributed by atoms with E-state index in [0.717, 1.165) is 52.0 Å². The number of benzene rings is 1. The smallest absolute Gasteiger partial charge is 0.325 e. The van der Waals surface area contributed by atoms with E-state index in [2.05, 4.69) is 44.7 Å². The van der Waals surface area contributed by atoms with Gasteiger partial charge >= 0.3 is 6.03 Å². The summed E-state index contributed by atoms with van der Waals surface area (Å²) in [7, 11) is 0. The van der Waals surface area contributed by atoms with E-state index in [1.54, 1.807) is 0 Å². The van der Waals surface area contributed by atoms with Gasteiger partial charge in [0.05, 0.1) is 0 Å². The quantitative estimate of drug-likeness (QED) is 0.486. The van der Waals surface area contributed by atoms with Crippen molar-refractivity contribution in [3.05, 3.63) is 30.3 Å². The molecule has 3 aliphatic rings. The van der Waals surface area contributed by atoms with Crippen LogP contribution in [-0.2, 0) is 9.59 Å². The summed E-state index contributed by atoms with van der Waals surface area (Å²) >= 11 is 0. The number of hydrogen-bond acceptors (Lipinski definition) is 5. The van der Waals surface area contributed by atoms with Gasteiger partial charge in [0.1, 0.15) is 5.54 Å². The van der Waals surface area contributed by atoms with Gasteiger partial charge in [-0.2, -0.15) is 0 Å². The van der Waals surface area contributed by atoms with Gasteiger partial charge in [0.2, 0.25) is 5.91 Å². The van der Waals surface area contributed by atoms with E-state index in [9.17, 15) is 14.4 Å². The molecule has 2 saturated heterocycles. The number of rotatable bonds is 8. The second kappa shape index (κ2) is 9.68. The fourth-order valence-electron chi connectivity index (χ4n) is 4.90. The van der Waals surface area contributed by atoms with Gasteiger partial charge in [-0.3, -0.25) is 19.4 Å². The van der Waals surface area contributed by atoms with Gasteiger partial charge in [-0.15, -0.1) is 0 Å². The molecule has 168 valence electrons. The first-order valence-electron chi connectivity index (χ1n) is 11.5. The molecule has 8 nitrogen and oxygen atoms in total. The van der Waals surface area contributed by atoms with E-state index < -0.39 is 5.54 Å². The summed E-state index contributed by atoms with van der Waals surface area (Å²) in [4.78, 5) is 43.0. The van der Waals surface area contributed by atoms with E-state index >= 15 is 0 Å². The highest BCUT2D eigenvalue weighted by Gasteiger charge is 2.52. The van der Waals surface area contributed by atoms with Crippen molar-refractivity contribution >= 4 is 23.5 Å². The molecule has 0 unspecified atom stereocenters. The summed E-state index contributed by atoms with van der Waals surface area (Å²) in [5, 5.41) is 5.78. The van der Waals surface area contributed by atoms with Crippen LogP contribution in [0.3, 0.4) is 0 Å². The highest BCUT2D eigenvalue weighted by Crippen LogP contribution is 2.35. The van der Waals surface area contributed by atoms with Crippen LogP contribution in [0.4, 0.5) is 10.5 Å². The predicted octanol–water partition coefficient (Wildman–Crippen LogP) is 1.57. The summed E-state index contributed by atoms with van der Waals surface area (Å²) in [5.74, 6) is -0.265. The number of carbonyl (C=O) groups excluding carboxylic acids is 3. The van der Waals surface area contributed by atoms with Crippen molar-refractivity contribution < 1.29 is 14.4 Å². The minimum atomic E-state index is -0.696. The van der Waals surface area contributed by atoms with E-state index in [1.807, 2.05) is 6.07 Å². The Labute approximate surface area is 183 Å². The molecule has 2 heterocycles. The molecule has 1 aliphatic carbocycles. The van der Waals surface area contributed by atoms with Crippen molar-refractivity contribution in [3.63, 3.8) is 0 Å². The second-order valence-corrected chi connectivity index (χ2v) is 8.79. The molecule has 0 bridgehead atoms. The van der Waals surface area contributed by atoms with Gasteiger partial charge < -0.3 is 15.5 Å². The second-order valence-electron chi connectivity index (χ2n) is 8.79. The third-order valence-corrected chi connectivity index (χ3v) is 6.73. The molecule has 3 fully saturated rings. The zero-order valence-electron chi connectivity index (χ0n) is 18.1. The number of urea groups is 1. The largest absolute Gasteiger partial charge is 0.369 e. The first kappa shape index (κ1) is 21.6. The van der Waals surface area contributed by atoms with Gasteiger partial charge in [0.15, 0.2) is 0 Å². The highest BCUT2D eigenvalue weighted by atomic mass is 16.2. The number of nitrogens with one attached hydrogen (secondary N) is 2. The molecule has 1 spiro atoms. The summed E-state index contributed by atoms with van der Waals surface area (Å²) in [6, 6.07) is 10.1. The van der Waals surface area contributed by atoms with Gasteiger partial charge in [-0.25, -0.2) is 4.79 Å². The summed E-state index contributed by atoms with van der Waals surface area (Å²) in [5.41, 5.74) is 0.580. The van der Waals surface area contributed by atoms with Crippen LogP contribution in [0.2, 0.25) is 0 Å². The predicted molar refractivity (Wildman–Crippen MR) is 119 cm³/mol. The topological polar surface area (TPSA) is 85.0 Å². The molecule has 2 N–H and O–H groups in total. The standard InChI is InChI=1S/C23H33N5O3/c29-20(9-14-28-21(30)23(25-22(28)31)10-4-5-11-23)24-12-6-13-26-15-17-27(18-16-26)19-7-2-1-3-8-19/h1-3,7-8H,4-6,9-18H2,(H,24,29)(H,25,31). The van der Waals surface area contributed by atoms with Crippen molar-refractivity contribution in [1.29, 1.82) is 0 Å². The van der Waals surface area contributed by atoms with E-state index in [-0.39, 0.29) is 30.8 Å². The lowest BCUT2D eigenvalue weighted by Crippen LogP contribution is -2.47. The Morgan fingerprint density at radius 2 is 1.71 bits per heavy atom. The van der Waals surface area contributed by atoms with Crippen molar-refractivity contribution in [1.82, 2.24) is 20.4 Å². The van der Waals surface area contributed by atoms with Crippen LogP contribution in [0.15, 0.2) is 30.3 Å². The molecule has 4 amide bonds. The Bertz CT molecular complexity index is 786. The molecular formula is C23H33N5O3. The van der Waals surface area contributed by atoms with Crippen LogP contribution in [0, 0.1) is 0 Å². The monoisotopic (exact) mass is 427 g/mol. The SMILES string of the molecule is O=C(CCN1C(=O)NC2(CCCC2)C1=O)NCCCN1CCN(c2ccccc2)CC1. The number of carbonyl (C=O) groups is 3. The number of amides is 4. The number of imide groups is 1. The zero-order chi connectivity index (χ0) is 21.7. The van der Waals surface area contributed by atoms with Crippen LogP contribution in [0.25, 0.3) is 0 Å². The van der Waals surface area contributed by atoms with E-state index in [4.69, 9.17) is 0 Å². The normalized spacial score (nSPS) is 21.0. The fraction of sp³-hybridized carbons (Fsp3) is 0.609. The van der Waals surface area contributed by atoms with Crippen LogP contribution in [0.1, 0.15) is 38.5 Å². The van der Waals surface area contributed by atoms with Gasteiger partial charge in [-0.05, 0) is 37.9 Å². The Morgan fingerprint density at radius 1 is 1.00 bits per heavy atom. The molecule has 1 aromatic carbocycles. The molecule has 0 aromatic heterocycles. The number of para-hydroxylation sites is 1. The third kappa shape index (κ3) is 5.01. The van der Waals surface area contributed by atoms with Crippen molar-refractivity contribution in [3.8, 4) is 0 Å². The van der Waals surface area contributed by atoms with Gasteiger partial charge in [-0.1, -0.05) is 31.0 Å². The van der Waals surface area contributed by atoms with Crippen molar-refractivity contribution in [2.24, 2.45) is 0 Å². The van der Waals surface area contributed by atoms with Crippen LogP contribution < -0.4 is 15.5 Å². The van der Waals surface area contributed by atoms with Crippen molar-refractivity contribution in [2.45, 2.75) is 44.1 Å². The average Bonchev–Trinajstić information content (AvgIpc) is 3.35. The first-order chi connectivity index (χ1) is 15.1. The Morgan fingerprint density at radius 3 is 2.42 bits per heavy atom. The molecule has 4 rings (SSSR count). The molecule has 1 aromatic rings. The molecular weight excluding hydrogens is 394 g/mol. The number of piperazine rings is 1. The Kier molecular flexibility index (Phi) is 6.75. The Balaban J connectivity index is 1.10. The minimum Gasteiger partial charge on any atom is -0.369 e. The molecule has 8 heteroatoms. The maximum absolute atomic E-state index is 12.6. The maximum Gasteiger partial charge on any atom is 0.325 e. The maximum atomic E-state index is 12.6. The lowest BCUT2D eigenvalue weighted by Gasteiger charge is -2.36. The van der Waals surface area contributed by atoms with Gasteiger partial charge in [0, 0.05) is 51.4 Å². The molecule has 0 radical (unpaired) electrons. The van der Waals surface area contributed by atoms with Gasteiger partial charge in [0.25, 0.3) is 5.91 Å². The van der Waals surface area contributed by atoms with Crippen LogP contribution in [0.5, 0.6) is 0 Å². The average molecular weight is 428 g/mol. The van der Waals surface area contributed by atoms with E-state index in [0.29, 0.717) is 19.4 Å². The van der Waals surface area contributed by atoms with Crippen molar-refractivity contribution in [2.75, 3.05) is 50.7 Å². The first-order valence-corrected chi connectivity index (χ1v) is 11.5. The summed E-state index contributed by atoms with van der Waals surface area (Å²) in [6.07, 6.45) is 4.39. The highest BCUT2D eigenvalue weighted by molar-refractivity contribution is 6.07. The van der Waals surface area contributed by atoms with Crippen LogP contribution >= 0.6 is 0 Å². The minimum absolute atomic E-state index is 0.109. The Hall–Kier alpha value is -2.61. The van der Waals surface area contributed by atoms with E-state index in [1.165, 1.54) is 10.6 Å². The number of anilines is 1. The number of hydrogen-bond donors (Lipinski definition) is 2. The molecule has 2 aliphatic heterocycles. The summed E-state index contributed by atoms with van der Waals surface area (Å²) < 4.78 is 0. The lowest BCUT2D eigenvalue weighted by molar-refractivity contribution is -0.131. The zero-order valence-corrected chi connectivity index (χ0v) is 18.1. The lowest BCUT2D eigenvalue weighted by atomic mass is 9.98. The number of nitrogens with zero attached hydrogens (tertiary/aromatic N) is 3. The fourth-order valence-corrected chi connectivity index (χ4v) is 4.90. The molecule has 31 heavy (non-hydrogen) atoms. The molecule has 1 saturated carbocycles. The summed E-state index contributed by atoms with van der Waals surface area (Å²) in [6.45, 7) is 5.81. The van der Waals surface area contributed by atoms with Crippen LogP contribution in [-0.4, -0.2) is 79.0 Å². The third-order valence-electron chi connectivity index (χ3n) is 6.73.